The van der Waals surface area contributed by atoms with Crippen LogP contribution in [0.5, 0.6) is 0 Å². The fourth-order valence-electron chi connectivity index (χ4n) is 3.13. The molecule has 4 aromatic rings. The van der Waals surface area contributed by atoms with E-state index in [4.69, 9.17) is 4.74 Å². The van der Waals surface area contributed by atoms with Crippen molar-refractivity contribution in [2.75, 3.05) is 11.9 Å². The predicted octanol–water partition coefficient (Wildman–Crippen LogP) is 3.86. The van der Waals surface area contributed by atoms with E-state index in [-0.39, 0.29) is 17.9 Å². The van der Waals surface area contributed by atoms with Gasteiger partial charge in [-0.2, -0.15) is 16.4 Å². The molecule has 0 amide bonds. The monoisotopic (exact) mass is 435 g/mol. The number of hydrogen-bond donors (Lipinski definition) is 2. The molecule has 0 spiro atoms. The molecule has 9 heteroatoms. The number of aromatic amines is 1. The number of pyridine rings is 1. The van der Waals surface area contributed by atoms with Gasteiger partial charge in [-0.3, -0.25) is 9.78 Å². The van der Waals surface area contributed by atoms with Gasteiger partial charge in [0.25, 0.3) is 5.56 Å². The highest BCUT2D eigenvalue weighted by Gasteiger charge is 2.26. The van der Waals surface area contributed by atoms with E-state index in [1.54, 1.807) is 24.5 Å². The Labute approximate surface area is 182 Å². The van der Waals surface area contributed by atoms with Crippen LogP contribution < -0.4 is 10.9 Å². The number of aromatic nitrogens is 4. The van der Waals surface area contributed by atoms with Gasteiger partial charge in [-0.15, -0.1) is 0 Å². The molecule has 0 bridgehead atoms. The largest absolute Gasteiger partial charge is 0.462 e. The van der Waals surface area contributed by atoms with Crippen molar-refractivity contribution in [3.05, 3.63) is 81.3 Å². The first-order valence-electron chi connectivity index (χ1n) is 9.81. The first-order chi connectivity index (χ1) is 15.2. The molecule has 0 radical (unpaired) electrons. The zero-order valence-electron chi connectivity index (χ0n) is 16.9. The van der Waals surface area contributed by atoms with Gasteiger partial charge in [0.15, 0.2) is 0 Å². The molecular weight excluding hydrogens is 414 g/mol. The summed E-state index contributed by atoms with van der Waals surface area (Å²) < 4.78 is 6.88. The molecule has 4 heterocycles. The van der Waals surface area contributed by atoms with E-state index in [2.05, 4.69) is 20.4 Å². The van der Waals surface area contributed by atoms with E-state index >= 15 is 0 Å². The van der Waals surface area contributed by atoms with Crippen molar-refractivity contribution in [2.24, 2.45) is 0 Å². The average molecular weight is 436 g/mol. The van der Waals surface area contributed by atoms with E-state index in [0.29, 0.717) is 24.3 Å². The number of ether oxygens (including phenoxy) is 1. The predicted molar refractivity (Wildman–Crippen MR) is 120 cm³/mol. The maximum atomic E-state index is 13.2. The van der Waals surface area contributed by atoms with Crippen molar-refractivity contribution in [1.82, 2.24) is 19.7 Å². The van der Waals surface area contributed by atoms with Crippen LogP contribution in [0.25, 0.3) is 11.3 Å². The molecule has 0 saturated carbocycles. The molecule has 31 heavy (non-hydrogen) atoms. The second-order valence-corrected chi connectivity index (χ2v) is 7.46. The Morgan fingerprint density at radius 2 is 2.19 bits per heavy atom. The Hall–Kier alpha value is -3.72. The number of esters is 1. The van der Waals surface area contributed by atoms with Crippen LogP contribution in [0.15, 0.2) is 64.5 Å². The van der Waals surface area contributed by atoms with Crippen LogP contribution in [0.1, 0.15) is 23.0 Å². The second-order valence-electron chi connectivity index (χ2n) is 6.68. The minimum atomic E-state index is -0.605. The van der Waals surface area contributed by atoms with Gasteiger partial charge in [0.05, 0.1) is 18.5 Å². The third-order valence-electron chi connectivity index (χ3n) is 4.65. The Balaban J connectivity index is 1.76. The van der Waals surface area contributed by atoms with Crippen LogP contribution in [0, 0.1) is 0 Å². The summed E-state index contributed by atoms with van der Waals surface area (Å²) in [5, 5.41) is 11.3. The summed E-state index contributed by atoms with van der Waals surface area (Å²) in [5.74, 6) is -0.605. The number of nitrogens with one attached hydrogen (secondary N) is 2. The lowest BCUT2D eigenvalue weighted by molar-refractivity contribution is 0.0509. The molecule has 0 unspecified atom stereocenters. The molecule has 2 N–H and O–H groups in total. The van der Waals surface area contributed by atoms with Gasteiger partial charge in [0.2, 0.25) is 0 Å². The van der Waals surface area contributed by atoms with Crippen molar-refractivity contribution in [1.29, 1.82) is 0 Å². The van der Waals surface area contributed by atoms with E-state index in [1.807, 2.05) is 42.1 Å². The molecule has 0 fully saturated rings. The van der Waals surface area contributed by atoms with Crippen LogP contribution in [0.3, 0.4) is 0 Å². The van der Waals surface area contributed by atoms with Crippen molar-refractivity contribution in [3.8, 4) is 11.3 Å². The van der Waals surface area contributed by atoms with Gasteiger partial charge in [-0.1, -0.05) is 0 Å². The zero-order chi connectivity index (χ0) is 21.6. The summed E-state index contributed by atoms with van der Waals surface area (Å²) in [4.78, 5) is 33.4. The fraction of sp³-hybridized carbons (Fsp3) is 0.182. The summed E-state index contributed by atoms with van der Waals surface area (Å²) in [5.41, 5.74) is 2.53. The number of thiophene rings is 1. The first-order valence-corrected chi connectivity index (χ1v) is 10.8. The van der Waals surface area contributed by atoms with Gasteiger partial charge in [-0.25, -0.2) is 9.48 Å². The maximum Gasteiger partial charge on any atom is 0.342 e. The average Bonchev–Trinajstić information content (AvgIpc) is 3.50. The van der Waals surface area contributed by atoms with Crippen LogP contribution >= 0.6 is 11.3 Å². The zero-order valence-corrected chi connectivity index (χ0v) is 17.7. The molecule has 158 valence electrons. The number of carbonyl (C=O) groups is 1. The quantitative estimate of drug-likeness (QED) is 0.408. The minimum Gasteiger partial charge on any atom is -0.462 e. The van der Waals surface area contributed by atoms with E-state index in [1.165, 1.54) is 16.0 Å². The summed E-state index contributed by atoms with van der Waals surface area (Å²) in [6.07, 6.45) is 5.57. The maximum absolute atomic E-state index is 13.2. The number of carbonyl (C=O) groups excluding carboxylic acids is 1. The van der Waals surface area contributed by atoms with Crippen molar-refractivity contribution < 1.29 is 9.53 Å². The SMILES string of the molecule is CCn1nc(-c2ccsc2)c(C(=O)OCCc2ccc[nH]2)c(Nc2cccnc2)c1=O. The third kappa shape index (κ3) is 4.56. The minimum absolute atomic E-state index is 0.114. The van der Waals surface area contributed by atoms with Crippen molar-refractivity contribution >= 4 is 28.7 Å². The van der Waals surface area contributed by atoms with Gasteiger partial charge in [-0.05, 0) is 42.6 Å². The molecule has 0 aliphatic rings. The molecule has 8 nitrogen and oxygen atoms in total. The summed E-state index contributed by atoms with van der Waals surface area (Å²) in [6.45, 7) is 2.36. The number of hydrogen-bond acceptors (Lipinski definition) is 7. The van der Waals surface area contributed by atoms with Crippen molar-refractivity contribution in [2.45, 2.75) is 19.9 Å². The van der Waals surface area contributed by atoms with E-state index < -0.39 is 11.5 Å². The Bertz CT molecular complexity index is 1200. The number of anilines is 2. The molecule has 0 aliphatic carbocycles. The normalized spacial score (nSPS) is 10.7. The lowest BCUT2D eigenvalue weighted by atomic mass is 10.1. The Morgan fingerprint density at radius 3 is 2.87 bits per heavy atom. The molecular formula is C22H21N5O3S. The molecule has 0 aromatic carbocycles. The number of aryl methyl sites for hydroxylation is 1. The standard InChI is InChI=1S/C22H21N5O3S/c1-2-27-21(28)20(25-17-6-3-9-23-13-17)18(19(26-27)15-8-12-31-14-15)22(29)30-11-7-16-5-4-10-24-16/h3-6,8-10,12-14,24-25H,2,7,11H2,1H3. The van der Waals surface area contributed by atoms with Gasteiger partial charge >= 0.3 is 5.97 Å². The van der Waals surface area contributed by atoms with Crippen molar-refractivity contribution in [3.63, 3.8) is 0 Å². The highest BCUT2D eigenvalue weighted by Crippen LogP contribution is 2.29. The topological polar surface area (TPSA) is 102 Å². The Morgan fingerprint density at radius 1 is 1.29 bits per heavy atom. The van der Waals surface area contributed by atoms with Gasteiger partial charge < -0.3 is 15.0 Å². The lowest BCUT2D eigenvalue weighted by Crippen LogP contribution is -2.29. The van der Waals surface area contributed by atoms with Crippen LogP contribution in [0.4, 0.5) is 11.4 Å². The summed E-state index contributed by atoms with van der Waals surface area (Å²) in [6, 6.07) is 9.19. The highest BCUT2D eigenvalue weighted by atomic mass is 32.1. The number of nitrogens with zero attached hydrogens (tertiary/aromatic N) is 3. The fourth-order valence-corrected chi connectivity index (χ4v) is 3.77. The van der Waals surface area contributed by atoms with Gasteiger partial charge in [0, 0.05) is 42.0 Å². The first kappa shape index (κ1) is 20.5. The molecule has 0 atom stereocenters. The van der Waals surface area contributed by atoms with E-state index in [0.717, 1.165) is 11.3 Å². The summed E-state index contributed by atoms with van der Waals surface area (Å²) in [7, 11) is 0. The lowest BCUT2D eigenvalue weighted by Gasteiger charge is -2.16. The molecule has 4 rings (SSSR count). The highest BCUT2D eigenvalue weighted by molar-refractivity contribution is 7.08. The van der Waals surface area contributed by atoms with Crippen LogP contribution in [-0.2, 0) is 17.7 Å². The van der Waals surface area contributed by atoms with Crippen LogP contribution in [0.2, 0.25) is 0 Å². The van der Waals surface area contributed by atoms with Gasteiger partial charge in [0.1, 0.15) is 16.9 Å². The molecule has 4 aromatic heterocycles. The molecule has 0 aliphatic heterocycles. The van der Waals surface area contributed by atoms with Crippen LogP contribution in [-0.4, -0.2) is 32.3 Å². The second kappa shape index (κ2) is 9.40. The van der Waals surface area contributed by atoms with E-state index in [9.17, 15) is 9.59 Å². The Kier molecular flexibility index (Phi) is 6.23. The number of rotatable bonds is 8. The number of H-pyrrole nitrogens is 1. The smallest absolute Gasteiger partial charge is 0.342 e. The molecule has 0 saturated heterocycles. The third-order valence-corrected chi connectivity index (χ3v) is 5.34. The summed E-state index contributed by atoms with van der Waals surface area (Å²) >= 11 is 1.48.